The molecule has 1 N–H and O–H groups in total. The van der Waals surface area contributed by atoms with Gasteiger partial charge in [-0.3, -0.25) is 19.4 Å². The second kappa shape index (κ2) is 7.80. The summed E-state index contributed by atoms with van der Waals surface area (Å²) in [5, 5.41) is 11.3. The van der Waals surface area contributed by atoms with Crippen molar-refractivity contribution in [3.8, 4) is 0 Å². The van der Waals surface area contributed by atoms with Crippen molar-refractivity contribution in [2.24, 2.45) is 5.92 Å². The molecule has 0 radical (unpaired) electrons. The Labute approximate surface area is 156 Å². The van der Waals surface area contributed by atoms with Crippen molar-refractivity contribution >= 4 is 17.2 Å². The molecule has 0 saturated carbocycles. The fraction of sp³-hybridized carbons (Fsp3) is 0.316. The van der Waals surface area contributed by atoms with Gasteiger partial charge in [-0.1, -0.05) is 6.07 Å². The summed E-state index contributed by atoms with van der Waals surface area (Å²) < 4.78 is 2.06. The summed E-state index contributed by atoms with van der Waals surface area (Å²) in [6.07, 6.45) is 5.56. The van der Waals surface area contributed by atoms with Gasteiger partial charge in [0.15, 0.2) is 0 Å². The van der Waals surface area contributed by atoms with Gasteiger partial charge >= 0.3 is 0 Å². The van der Waals surface area contributed by atoms with Gasteiger partial charge in [-0.25, -0.2) is 0 Å². The summed E-state index contributed by atoms with van der Waals surface area (Å²) in [5.74, 6) is 0.297. The third-order valence-corrected chi connectivity index (χ3v) is 5.28. The summed E-state index contributed by atoms with van der Waals surface area (Å²) in [5.41, 5.74) is 3.14. The van der Waals surface area contributed by atoms with E-state index in [9.17, 15) is 4.79 Å². The normalized spacial score (nSPS) is 17.5. The van der Waals surface area contributed by atoms with Gasteiger partial charge in [0.2, 0.25) is 0 Å². The highest BCUT2D eigenvalue weighted by Gasteiger charge is 2.23. The molecule has 1 aliphatic heterocycles. The number of thiophene rings is 1. The van der Waals surface area contributed by atoms with Crippen molar-refractivity contribution in [3.63, 3.8) is 0 Å². The van der Waals surface area contributed by atoms with Crippen LogP contribution in [0.4, 0.5) is 0 Å². The Bertz CT molecular complexity index is 846. The number of carbonyl (C=O) groups is 1. The van der Waals surface area contributed by atoms with E-state index in [1.54, 1.807) is 6.20 Å². The highest BCUT2D eigenvalue weighted by Crippen LogP contribution is 2.18. The lowest BCUT2D eigenvalue weighted by Crippen LogP contribution is -2.36. The van der Waals surface area contributed by atoms with Crippen molar-refractivity contribution in [2.75, 3.05) is 13.1 Å². The van der Waals surface area contributed by atoms with E-state index in [4.69, 9.17) is 0 Å². The van der Waals surface area contributed by atoms with Crippen LogP contribution in [0.3, 0.4) is 0 Å². The van der Waals surface area contributed by atoms with Crippen LogP contribution >= 0.6 is 11.3 Å². The first-order chi connectivity index (χ1) is 12.8. The second-order valence-corrected chi connectivity index (χ2v) is 7.40. The smallest absolute Gasteiger partial charge is 0.252 e. The van der Waals surface area contributed by atoms with E-state index in [1.165, 1.54) is 22.6 Å². The summed E-state index contributed by atoms with van der Waals surface area (Å²) in [6.45, 7) is 4.05. The SMILES string of the molecule is O=C(NCC1CN(Cc2cccnc2)Cc2ccnn2C1)c1ccsc1. The fourth-order valence-corrected chi connectivity index (χ4v) is 3.99. The molecule has 1 amide bonds. The quantitative estimate of drug-likeness (QED) is 0.752. The third-order valence-electron chi connectivity index (χ3n) is 4.60. The minimum Gasteiger partial charge on any atom is -0.352 e. The van der Waals surface area contributed by atoms with Crippen molar-refractivity contribution < 1.29 is 4.79 Å². The van der Waals surface area contributed by atoms with Gasteiger partial charge in [-0.05, 0) is 29.1 Å². The second-order valence-electron chi connectivity index (χ2n) is 6.62. The van der Waals surface area contributed by atoms with Gasteiger partial charge < -0.3 is 5.32 Å². The summed E-state index contributed by atoms with van der Waals surface area (Å²) >= 11 is 1.54. The molecule has 0 saturated heterocycles. The minimum absolute atomic E-state index is 0.00463. The highest BCUT2D eigenvalue weighted by molar-refractivity contribution is 7.08. The van der Waals surface area contributed by atoms with Crippen molar-refractivity contribution in [1.82, 2.24) is 25.0 Å². The highest BCUT2D eigenvalue weighted by atomic mass is 32.1. The lowest BCUT2D eigenvalue weighted by Gasteiger charge is -2.24. The van der Waals surface area contributed by atoms with Gasteiger partial charge in [-0.15, -0.1) is 0 Å². The molecule has 6 nitrogen and oxygen atoms in total. The van der Waals surface area contributed by atoms with Crippen LogP contribution in [-0.2, 0) is 19.6 Å². The fourth-order valence-electron chi connectivity index (χ4n) is 3.35. The molecule has 26 heavy (non-hydrogen) atoms. The Hall–Kier alpha value is -2.51. The molecule has 1 atom stereocenters. The average Bonchev–Trinajstić information content (AvgIpc) is 3.30. The largest absolute Gasteiger partial charge is 0.352 e. The number of hydrogen-bond acceptors (Lipinski definition) is 5. The standard InChI is InChI=1S/C19H21N5OS/c25-19(17-4-7-26-14-17)21-9-16-11-23(10-15-2-1-5-20-8-15)13-18-3-6-22-24(18)12-16/h1-8,14,16H,9-13H2,(H,21,25). The number of fused-ring (bicyclic) bond motifs is 1. The Balaban J connectivity index is 1.44. The van der Waals surface area contributed by atoms with Crippen molar-refractivity contribution in [1.29, 1.82) is 0 Å². The molecule has 3 aromatic rings. The molecule has 0 bridgehead atoms. The van der Waals surface area contributed by atoms with Crippen LogP contribution in [0.2, 0.25) is 0 Å². The number of nitrogens with one attached hydrogen (secondary N) is 1. The van der Waals surface area contributed by atoms with Crippen LogP contribution in [0.1, 0.15) is 21.6 Å². The lowest BCUT2D eigenvalue weighted by atomic mass is 10.1. The van der Waals surface area contributed by atoms with Crippen LogP contribution in [0.15, 0.2) is 53.6 Å². The first-order valence-electron chi connectivity index (χ1n) is 8.70. The van der Waals surface area contributed by atoms with E-state index in [0.29, 0.717) is 12.5 Å². The maximum Gasteiger partial charge on any atom is 0.252 e. The summed E-state index contributed by atoms with van der Waals surface area (Å²) in [4.78, 5) is 18.9. The molecule has 1 unspecified atom stereocenters. The summed E-state index contributed by atoms with van der Waals surface area (Å²) in [7, 11) is 0. The number of aromatic nitrogens is 3. The Morgan fingerprint density at radius 2 is 2.23 bits per heavy atom. The Morgan fingerprint density at radius 3 is 3.04 bits per heavy atom. The van der Waals surface area contributed by atoms with E-state index in [-0.39, 0.29) is 5.91 Å². The van der Waals surface area contributed by atoms with Gasteiger partial charge in [0.1, 0.15) is 0 Å². The zero-order chi connectivity index (χ0) is 17.8. The van der Waals surface area contributed by atoms with Crippen LogP contribution in [-0.4, -0.2) is 38.7 Å². The van der Waals surface area contributed by atoms with E-state index in [0.717, 1.165) is 31.7 Å². The molecule has 0 aliphatic carbocycles. The molecule has 0 spiro atoms. The maximum absolute atomic E-state index is 12.3. The molecular formula is C19H21N5OS. The first-order valence-corrected chi connectivity index (χ1v) is 9.64. The molecular weight excluding hydrogens is 346 g/mol. The van der Waals surface area contributed by atoms with Crippen LogP contribution < -0.4 is 5.32 Å². The predicted molar refractivity (Wildman–Crippen MR) is 101 cm³/mol. The number of hydrogen-bond donors (Lipinski definition) is 1. The molecule has 4 heterocycles. The topological polar surface area (TPSA) is 63.1 Å². The lowest BCUT2D eigenvalue weighted by molar-refractivity contribution is 0.0940. The Kier molecular flexibility index (Phi) is 5.08. The predicted octanol–water partition coefficient (Wildman–Crippen LogP) is 2.40. The number of rotatable bonds is 5. The monoisotopic (exact) mass is 367 g/mol. The minimum atomic E-state index is -0.00463. The molecule has 0 fully saturated rings. The van der Waals surface area contributed by atoms with E-state index >= 15 is 0 Å². The zero-order valence-electron chi connectivity index (χ0n) is 14.4. The molecule has 7 heteroatoms. The van der Waals surface area contributed by atoms with Crippen LogP contribution in [0, 0.1) is 5.92 Å². The van der Waals surface area contributed by atoms with Gasteiger partial charge in [0.25, 0.3) is 5.91 Å². The van der Waals surface area contributed by atoms with Crippen molar-refractivity contribution in [3.05, 3.63) is 70.4 Å². The number of amides is 1. The number of carbonyl (C=O) groups excluding carboxylic acids is 1. The van der Waals surface area contributed by atoms with E-state index in [1.807, 2.05) is 35.3 Å². The number of pyridine rings is 1. The molecule has 134 valence electrons. The first kappa shape index (κ1) is 16.9. The van der Waals surface area contributed by atoms with Crippen LogP contribution in [0.25, 0.3) is 0 Å². The van der Waals surface area contributed by atoms with E-state index in [2.05, 4.69) is 37.1 Å². The van der Waals surface area contributed by atoms with Crippen LogP contribution in [0.5, 0.6) is 0 Å². The maximum atomic E-state index is 12.3. The van der Waals surface area contributed by atoms with E-state index < -0.39 is 0 Å². The Morgan fingerprint density at radius 1 is 1.27 bits per heavy atom. The molecule has 1 aliphatic rings. The van der Waals surface area contributed by atoms with Gasteiger partial charge in [-0.2, -0.15) is 16.4 Å². The molecule has 0 aromatic carbocycles. The van der Waals surface area contributed by atoms with Gasteiger partial charge in [0, 0.05) is 68.2 Å². The third kappa shape index (κ3) is 4.00. The number of nitrogens with zero attached hydrogens (tertiary/aromatic N) is 4. The average molecular weight is 367 g/mol. The zero-order valence-corrected chi connectivity index (χ0v) is 15.2. The molecule has 4 rings (SSSR count). The van der Waals surface area contributed by atoms with Gasteiger partial charge in [0.05, 0.1) is 5.69 Å². The molecule has 3 aromatic heterocycles. The van der Waals surface area contributed by atoms with Crippen molar-refractivity contribution in [2.45, 2.75) is 19.6 Å². The summed E-state index contributed by atoms with van der Waals surface area (Å²) in [6, 6.07) is 7.99.